The van der Waals surface area contributed by atoms with Crippen LogP contribution in [0.1, 0.15) is 27.4 Å². The molecular formula is C21H18N4O5. The van der Waals surface area contributed by atoms with E-state index in [1.54, 1.807) is 18.2 Å². The van der Waals surface area contributed by atoms with Crippen LogP contribution < -0.4 is 19.5 Å². The molecule has 1 aliphatic rings. The van der Waals surface area contributed by atoms with Crippen LogP contribution in [0.2, 0.25) is 0 Å². The SMILES string of the molecule is Cc1noc(C)c1COc1ccc2[nH]nc(NC(=O)c3ccc4c(c3)OCO4)c2c1. The monoisotopic (exact) mass is 406 g/mol. The zero-order valence-corrected chi connectivity index (χ0v) is 16.3. The van der Waals surface area contributed by atoms with Crippen LogP contribution in [0, 0.1) is 13.8 Å². The molecule has 2 N–H and O–H groups in total. The molecule has 30 heavy (non-hydrogen) atoms. The van der Waals surface area contributed by atoms with Crippen molar-refractivity contribution in [1.29, 1.82) is 0 Å². The molecule has 1 aliphatic heterocycles. The second-order valence-electron chi connectivity index (χ2n) is 6.89. The van der Waals surface area contributed by atoms with E-state index in [1.807, 2.05) is 32.0 Å². The molecule has 152 valence electrons. The highest BCUT2D eigenvalue weighted by molar-refractivity contribution is 6.08. The van der Waals surface area contributed by atoms with Crippen LogP contribution in [0.4, 0.5) is 5.82 Å². The fraction of sp³-hybridized carbons (Fsp3) is 0.190. The van der Waals surface area contributed by atoms with E-state index in [0.29, 0.717) is 35.2 Å². The van der Waals surface area contributed by atoms with Gasteiger partial charge in [0, 0.05) is 10.9 Å². The second kappa shape index (κ2) is 7.11. The number of aryl methyl sites for hydroxylation is 2. The minimum Gasteiger partial charge on any atom is -0.489 e. The van der Waals surface area contributed by atoms with Crippen molar-refractivity contribution in [1.82, 2.24) is 15.4 Å². The Morgan fingerprint density at radius 1 is 1.17 bits per heavy atom. The molecule has 0 aliphatic carbocycles. The van der Waals surface area contributed by atoms with Crippen molar-refractivity contribution >= 4 is 22.6 Å². The molecule has 2 aromatic heterocycles. The third kappa shape index (κ3) is 3.20. The minimum absolute atomic E-state index is 0.154. The van der Waals surface area contributed by atoms with Crippen molar-refractivity contribution in [2.75, 3.05) is 12.1 Å². The molecule has 4 aromatic rings. The first kappa shape index (κ1) is 18.0. The van der Waals surface area contributed by atoms with E-state index in [2.05, 4.69) is 20.7 Å². The molecule has 9 nitrogen and oxygen atoms in total. The number of carbonyl (C=O) groups excluding carboxylic acids is 1. The Labute approximate surface area is 170 Å². The number of hydrogen-bond acceptors (Lipinski definition) is 7. The van der Waals surface area contributed by atoms with E-state index in [-0.39, 0.29) is 12.7 Å². The van der Waals surface area contributed by atoms with E-state index >= 15 is 0 Å². The van der Waals surface area contributed by atoms with Crippen molar-refractivity contribution in [2.24, 2.45) is 0 Å². The molecule has 0 fully saturated rings. The van der Waals surface area contributed by atoms with E-state index < -0.39 is 0 Å². The average Bonchev–Trinajstić information content (AvgIpc) is 3.45. The summed E-state index contributed by atoms with van der Waals surface area (Å²) in [5.41, 5.74) is 2.94. The zero-order valence-electron chi connectivity index (χ0n) is 16.3. The first-order chi connectivity index (χ1) is 14.6. The van der Waals surface area contributed by atoms with E-state index in [0.717, 1.165) is 27.9 Å². The van der Waals surface area contributed by atoms with Crippen molar-refractivity contribution in [3.05, 3.63) is 59.0 Å². The van der Waals surface area contributed by atoms with E-state index in [1.165, 1.54) is 0 Å². The van der Waals surface area contributed by atoms with Crippen LogP contribution in [0.25, 0.3) is 10.9 Å². The van der Waals surface area contributed by atoms with Crippen LogP contribution in [-0.4, -0.2) is 28.1 Å². The van der Waals surface area contributed by atoms with Gasteiger partial charge in [-0.2, -0.15) is 5.10 Å². The summed E-state index contributed by atoms with van der Waals surface area (Å²) in [6, 6.07) is 10.5. The number of ether oxygens (including phenoxy) is 3. The predicted molar refractivity (Wildman–Crippen MR) is 107 cm³/mol. The van der Waals surface area contributed by atoms with Gasteiger partial charge < -0.3 is 24.1 Å². The molecule has 0 saturated heterocycles. The number of aromatic nitrogens is 3. The molecule has 0 bridgehead atoms. The van der Waals surface area contributed by atoms with Gasteiger partial charge in [-0.3, -0.25) is 9.89 Å². The summed E-state index contributed by atoms with van der Waals surface area (Å²) in [6.45, 7) is 4.21. The number of anilines is 1. The summed E-state index contributed by atoms with van der Waals surface area (Å²) in [5.74, 6) is 2.65. The third-order valence-corrected chi connectivity index (χ3v) is 4.97. The zero-order chi connectivity index (χ0) is 20.7. The molecule has 0 saturated carbocycles. The Hall–Kier alpha value is -4.01. The molecule has 2 aromatic carbocycles. The summed E-state index contributed by atoms with van der Waals surface area (Å²) in [5, 5.41) is 14.6. The largest absolute Gasteiger partial charge is 0.489 e. The van der Waals surface area contributed by atoms with Gasteiger partial charge in [-0.15, -0.1) is 0 Å². The lowest BCUT2D eigenvalue weighted by atomic mass is 10.2. The normalized spacial score (nSPS) is 12.3. The van der Waals surface area contributed by atoms with Gasteiger partial charge in [-0.1, -0.05) is 5.16 Å². The molecule has 0 radical (unpaired) electrons. The van der Waals surface area contributed by atoms with Crippen molar-refractivity contribution < 1.29 is 23.5 Å². The Morgan fingerprint density at radius 2 is 2.03 bits per heavy atom. The lowest BCUT2D eigenvalue weighted by molar-refractivity contribution is 0.102. The van der Waals surface area contributed by atoms with Crippen LogP contribution in [0.3, 0.4) is 0 Å². The molecule has 0 unspecified atom stereocenters. The fourth-order valence-electron chi connectivity index (χ4n) is 3.26. The maximum absolute atomic E-state index is 12.7. The van der Waals surface area contributed by atoms with Gasteiger partial charge in [-0.05, 0) is 50.2 Å². The number of aromatic amines is 1. The predicted octanol–water partition coefficient (Wildman–Crippen LogP) is 3.73. The molecule has 0 spiro atoms. The van der Waals surface area contributed by atoms with Gasteiger partial charge in [0.25, 0.3) is 5.91 Å². The van der Waals surface area contributed by atoms with Gasteiger partial charge in [0.2, 0.25) is 6.79 Å². The second-order valence-corrected chi connectivity index (χ2v) is 6.89. The number of carbonyl (C=O) groups is 1. The molecule has 5 rings (SSSR count). The molecule has 1 amide bonds. The minimum atomic E-state index is -0.302. The van der Waals surface area contributed by atoms with Crippen molar-refractivity contribution in [2.45, 2.75) is 20.5 Å². The molecule has 9 heteroatoms. The van der Waals surface area contributed by atoms with Crippen LogP contribution in [0.15, 0.2) is 40.9 Å². The summed E-state index contributed by atoms with van der Waals surface area (Å²) in [7, 11) is 0. The first-order valence-electron chi connectivity index (χ1n) is 9.32. The van der Waals surface area contributed by atoms with Crippen molar-refractivity contribution in [3.8, 4) is 17.2 Å². The number of nitrogens with zero attached hydrogens (tertiary/aromatic N) is 2. The standard InChI is InChI=1S/C21H18N4O5/c1-11-16(12(2)30-25-11)9-27-14-4-5-17-15(8-14)20(24-23-17)22-21(26)13-3-6-18-19(7-13)29-10-28-18/h3-8H,9-10H2,1-2H3,(H2,22,23,24,26). The number of rotatable bonds is 5. The van der Waals surface area contributed by atoms with Gasteiger partial charge in [0.05, 0.1) is 16.8 Å². The summed E-state index contributed by atoms with van der Waals surface area (Å²) in [6.07, 6.45) is 0. The number of fused-ring (bicyclic) bond motifs is 2. The molecule has 0 atom stereocenters. The van der Waals surface area contributed by atoms with Gasteiger partial charge in [0.15, 0.2) is 17.3 Å². The van der Waals surface area contributed by atoms with Gasteiger partial charge >= 0.3 is 0 Å². The molecule has 3 heterocycles. The van der Waals surface area contributed by atoms with Gasteiger partial charge in [-0.25, -0.2) is 0 Å². The average molecular weight is 406 g/mol. The summed E-state index contributed by atoms with van der Waals surface area (Å²) in [4.78, 5) is 12.7. The highest BCUT2D eigenvalue weighted by Crippen LogP contribution is 2.33. The highest BCUT2D eigenvalue weighted by Gasteiger charge is 2.18. The number of amides is 1. The number of nitrogens with one attached hydrogen (secondary N) is 2. The van der Waals surface area contributed by atoms with E-state index in [4.69, 9.17) is 18.7 Å². The lowest BCUT2D eigenvalue weighted by Gasteiger charge is -2.07. The topological polar surface area (TPSA) is 112 Å². The van der Waals surface area contributed by atoms with E-state index in [9.17, 15) is 4.79 Å². The Balaban J connectivity index is 1.36. The quantitative estimate of drug-likeness (QED) is 0.519. The van der Waals surface area contributed by atoms with Crippen LogP contribution in [-0.2, 0) is 6.61 Å². The Kier molecular flexibility index (Phi) is 4.27. The third-order valence-electron chi connectivity index (χ3n) is 4.97. The molecular weight excluding hydrogens is 388 g/mol. The smallest absolute Gasteiger partial charge is 0.257 e. The fourth-order valence-corrected chi connectivity index (χ4v) is 3.26. The summed E-state index contributed by atoms with van der Waals surface area (Å²) >= 11 is 0. The number of H-pyrrole nitrogens is 1. The number of benzene rings is 2. The van der Waals surface area contributed by atoms with Gasteiger partial charge in [0.1, 0.15) is 18.1 Å². The van der Waals surface area contributed by atoms with Crippen LogP contribution in [0.5, 0.6) is 17.2 Å². The van der Waals surface area contributed by atoms with Crippen molar-refractivity contribution in [3.63, 3.8) is 0 Å². The Morgan fingerprint density at radius 3 is 2.87 bits per heavy atom. The Bertz CT molecular complexity index is 1240. The maximum Gasteiger partial charge on any atom is 0.257 e. The first-order valence-corrected chi connectivity index (χ1v) is 9.32. The maximum atomic E-state index is 12.7. The van der Waals surface area contributed by atoms with Crippen LogP contribution >= 0.6 is 0 Å². The lowest BCUT2D eigenvalue weighted by Crippen LogP contribution is -2.12. The number of hydrogen-bond donors (Lipinski definition) is 2. The highest BCUT2D eigenvalue weighted by atomic mass is 16.7. The summed E-state index contributed by atoms with van der Waals surface area (Å²) < 4.78 is 21.7.